The van der Waals surface area contributed by atoms with Gasteiger partial charge in [-0.15, -0.1) is 0 Å². The van der Waals surface area contributed by atoms with Crippen molar-refractivity contribution in [3.05, 3.63) is 30.3 Å². The highest BCUT2D eigenvalue weighted by Crippen LogP contribution is 2.11. The molecule has 1 aromatic rings. The minimum absolute atomic E-state index is 0.136. The molecule has 0 aliphatic heterocycles. The molecule has 1 aromatic carbocycles. The molecule has 0 aromatic heterocycles. The Labute approximate surface area is 130 Å². The van der Waals surface area contributed by atoms with E-state index < -0.39 is 22.0 Å². The number of hydrogen-bond donors (Lipinski definition) is 1. The molecule has 0 fully saturated rings. The fraction of sp³-hybridized carbons (Fsp3) is 0.500. The van der Waals surface area contributed by atoms with Gasteiger partial charge < -0.3 is 4.74 Å². The van der Waals surface area contributed by atoms with Crippen molar-refractivity contribution < 1.29 is 17.9 Å². The van der Waals surface area contributed by atoms with E-state index in [0.717, 1.165) is 0 Å². The Morgan fingerprint density at radius 1 is 1.29 bits per heavy atom. The zero-order valence-corrected chi connectivity index (χ0v) is 14.0. The summed E-state index contributed by atoms with van der Waals surface area (Å²) in [6.07, 6.45) is 2.01. The summed E-state index contributed by atoms with van der Waals surface area (Å²) in [6.45, 7) is 3.46. The van der Waals surface area contributed by atoms with Gasteiger partial charge in [0.25, 0.3) is 0 Å². The molecule has 7 heteroatoms. The average Bonchev–Trinajstić information content (AvgIpc) is 2.43. The fourth-order valence-electron chi connectivity index (χ4n) is 1.63. The second kappa shape index (κ2) is 8.41. The highest BCUT2D eigenvalue weighted by Gasteiger charge is 2.27. The van der Waals surface area contributed by atoms with Gasteiger partial charge in [-0.25, -0.2) is 8.42 Å². The Morgan fingerprint density at radius 3 is 2.43 bits per heavy atom. The molecule has 1 N–H and O–H groups in total. The first-order chi connectivity index (χ1) is 9.86. The molecule has 1 rings (SSSR count). The van der Waals surface area contributed by atoms with Crippen molar-refractivity contribution in [2.45, 2.75) is 37.3 Å². The van der Waals surface area contributed by atoms with Crippen molar-refractivity contribution in [1.82, 2.24) is 4.72 Å². The van der Waals surface area contributed by atoms with Crippen LogP contribution in [-0.2, 0) is 19.6 Å². The molecule has 118 valence electrons. The first-order valence-electron chi connectivity index (χ1n) is 6.63. The number of carbonyl (C=O) groups excluding carboxylic acids is 1. The summed E-state index contributed by atoms with van der Waals surface area (Å²) in [7, 11) is -3.73. The molecule has 0 amide bonds. The zero-order valence-electron chi connectivity index (χ0n) is 12.4. The number of nitrogens with one attached hydrogen (secondary N) is 1. The molecule has 0 aliphatic rings. The van der Waals surface area contributed by atoms with Crippen molar-refractivity contribution in [1.29, 1.82) is 0 Å². The molecule has 0 radical (unpaired) electrons. The second-order valence-electron chi connectivity index (χ2n) is 4.75. The molecular formula is C14H21NO4S2. The third-order valence-electron chi connectivity index (χ3n) is 2.60. The predicted octanol–water partition coefficient (Wildman–Crippen LogP) is 2.04. The van der Waals surface area contributed by atoms with Gasteiger partial charge in [-0.2, -0.15) is 16.5 Å². The number of thioether (sulfide) groups is 1. The van der Waals surface area contributed by atoms with Crippen LogP contribution in [0.2, 0.25) is 0 Å². The van der Waals surface area contributed by atoms with E-state index in [1.54, 1.807) is 43.8 Å². The molecule has 5 nitrogen and oxygen atoms in total. The van der Waals surface area contributed by atoms with Crippen molar-refractivity contribution in [2.24, 2.45) is 0 Å². The van der Waals surface area contributed by atoms with Crippen molar-refractivity contribution in [2.75, 3.05) is 12.0 Å². The normalized spacial score (nSPS) is 13.1. The maximum absolute atomic E-state index is 12.3. The van der Waals surface area contributed by atoms with Gasteiger partial charge in [-0.05, 0) is 44.4 Å². The van der Waals surface area contributed by atoms with E-state index in [1.165, 1.54) is 12.1 Å². The average molecular weight is 331 g/mol. The summed E-state index contributed by atoms with van der Waals surface area (Å²) >= 11 is 1.55. The van der Waals surface area contributed by atoms with Crippen LogP contribution in [0, 0.1) is 0 Å². The van der Waals surface area contributed by atoms with Gasteiger partial charge in [-0.3, -0.25) is 4.79 Å². The standard InChI is InChI=1S/C14H21NO4S2/c1-11(2)19-14(16)13(9-10-20-3)15-21(17,18)12-7-5-4-6-8-12/h4-8,11,13,15H,9-10H2,1-3H3. The van der Waals surface area contributed by atoms with Crippen molar-refractivity contribution in [3.8, 4) is 0 Å². The molecule has 0 saturated heterocycles. The van der Waals surface area contributed by atoms with Crippen LogP contribution in [0.3, 0.4) is 0 Å². The first-order valence-corrected chi connectivity index (χ1v) is 9.51. The molecule has 0 bridgehead atoms. The van der Waals surface area contributed by atoms with Crippen LogP contribution in [0.1, 0.15) is 20.3 Å². The summed E-state index contributed by atoms with van der Waals surface area (Å²) < 4.78 is 32.1. The maximum atomic E-state index is 12.3. The number of ether oxygens (including phenoxy) is 1. The maximum Gasteiger partial charge on any atom is 0.324 e. The number of benzene rings is 1. The molecule has 0 spiro atoms. The summed E-state index contributed by atoms with van der Waals surface area (Å²) in [6, 6.07) is 7.11. The predicted molar refractivity (Wildman–Crippen MR) is 84.8 cm³/mol. The molecule has 1 atom stereocenters. The summed E-state index contributed by atoms with van der Waals surface area (Å²) in [5, 5.41) is 0. The van der Waals surface area contributed by atoms with Crippen LogP contribution in [-0.4, -0.2) is 38.5 Å². The van der Waals surface area contributed by atoms with Gasteiger partial charge in [-0.1, -0.05) is 18.2 Å². The summed E-state index contributed by atoms with van der Waals surface area (Å²) in [5.74, 6) is 0.119. The van der Waals surface area contributed by atoms with Gasteiger partial charge in [0.2, 0.25) is 10.0 Å². The van der Waals surface area contributed by atoms with Crippen LogP contribution in [0.5, 0.6) is 0 Å². The van der Waals surface area contributed by atoms with Gasteiger partial charge in [0, 0.05) is 0 Å². The van der Waals surface area contributed by atoms with Crippen LogP contribution in [0.25, 0.3) is 0 Å². The summed E-state index contributed by atoms with van der Waals surface area (Å²) in [5.41, 5.74) is 0. The van der Waals surface area contributed by atoms with E-state index in [2.05, 4.69) is 4.72 Å². The number of carbonyl (C=O) groups is 1. The summed E-state index contributed by atoms with van der Waals surface area (Å²) in [4.78, 5) is 12.1. The fourth-order valence-corrected chi connectivity index (χ4v) is 3.34. The molecule has 1 unspecified atom stereocenters. The highest BCUT2D eigenvalue weighted by atomic mass is 32.2. The van der Waals surface area contributed by atoms with Gasteiger partial charge >= 0.3 is 5.97 Å². The third kappa shape index (κ3) is 6.07. The SMILES string of the molecule is CSCCC(NS(=O)(=O)c1ccccc1)C(=O)OC(C)C. The Hall–Kier alpha value is -1.05. The van der Waals surface area contributed by atoms with E-state index in [1.807, 2.05) is 6.26 Å². The van der Waals surface area contributed by atoms with Crippen LogP contribution < -0.4 is 4.72 Å². The topological polar surface area (TPSA) is 72.5 Å². The largest absolute Gasteiger partial charge is 0.462 e. The smallest absolute Gasteiger partial charge is 0.324 e. The zero-order chi connectivity index (χ0) is 15.9. The Morgan fingerprint density at radius 2 is 1.90 bits per heavy atom. The van der Waals surface area contributed by atoms with E-state index in [9.17, 15) is 13.2 Å². The monoisotopic (exact) mass is 331 g/mol. The van der Waals surface area contributed by atoms with Gasteiger partial charge in [0.15, 0.2) is 0 Å². The van der Waals surface area contributed by atoms with E-state index in [-0.39, 0.29) is 11.0 Å². The van der Waals surface area contributed by atoms with Gasteiger partial charge in [0.1, 0.15) is 6.04 Å². The van der Waals surface area contributed by atoms with E-state index >= 15 is 0 Å². The lowest BCUT2D eigenvalue weighted by Gasteiger charge is -2.19. The van der Waals surface area contributed by atoms with E-state index in [0.29, 0.717) is 12.2 Å². The molecule has 21 heavy (non-hydrogen) atoms. The van der Waals surface area contributed by atoms with Crippen LogP contribution in [0.15, 0.2) is 35.2 Å². The molecule has 0 heterocycles. The Kier molecular flexibility index (Phi) is 7.21. The number of esters is 1. The van der Waals surface area contributed by atoms with Crippen molar-refractivity contribution in [3.63, 3.8) is 0 Å². The Balaban J connectivity index is 2.87. The minimum Gasteiger partial charge on any atom is -0.462 e. The van der Waals surface area contributed by atoms with Gasteiger partial charge in [0.05, 0.1) is 11.0 Å². The Bertz CT molecular complexity index is 543. The lowest BCUT2D eigenvalue weighted by atomic mass is 10.2. The van der Waals surface area contributed by atoms with Crippen LogP contribution >= 0.6 is 11.8 Å². The number of hydrogen-bond acceptors (Lipinski definition) is 5. The molecule has 0 saturated carbocycles. The highest BCUT2D eigenvalue weighted by molar-refractivity contribution is 7.98. The number of rotatable bonds is 8. The minimum atomic E-state index is -3.73. The quantitative estimate of drug-likeness (QED) is 0.738. The van der Waals surface area contributed by atoms with Crippen LogP contribution in [0.4, 0.5) is 0 Å². The lowest BCUT2D eigenvalue weighted by molar-refractivity contribution is -0.149. The van der Waals surface area contributed by atoms with Crippen molar-refractivity contribution >= 4 is 27.8 Å². The number of sulfonamides is 1. The van der Waals surface area contributed by atoms with E-state index in [4.69, 9.17) is 4.74 Å². The molecule has 0 aliphatic carbocycles. The lowest BCUT2D eigenvalue weighted by Crippen LogP contribution is -2.42. The second-order valence-corrected chi connectivity index (χ2v) is 7.45. The molecular weight excluding hydrogens is 310 g/mol. The first kappa shape index (κ1) is 18.0. The third-order valence-corrected chi connectivity index (χ3v) is 4.73.